The van der Waals surface area contributed by atoms with E-state index >= 15 is 0 Å². The van der Waals surface area contributed by atoms with E-state index in [1.807, 2.05) is 6.07 Å². The lowest BCUT2D eigenvalue weighted by molar-refractivity contribution is -0.187. The average molecular weight is 327 g/mol. The molecule has 23 heavy (non-hydrogen) atoms. The molecule has 2 aliphatic rings. The fourth-order valence-corrected chi connectivity index (χ4v) is 3.44. The molecule has 0 bridgehead atoms. The number of amides is 1. The second kappa shape index (κ2) is 5.54. The van der Waals surface area contributed by atoms with E-state index < -0.39 is 43.0 Å². The average Bonchev–Trinajstić information content (AvgIpc) is 3.11. The van der Waals surface area contributed by atoms with Gasteiger partial charge in [0, 0.05) is 18.7 Å². The number of alkyl halides is 3. The van der Waals surface area contributed by atoms with Gasteiger partial charge in [-0.1, -0.05) is 6.07 Å². The Morgan fingerprint density at radius 3 is 2.43 bits per heavy atom. The van der Waals surface area contributed by atoms with Crippen molar-refractivity contribution < 1.29 is 27.9 Å². The lowest BCUT2D eigenvalue weighted by Crippen LogP contribution is -2.34. The maximum absolute atomic E-state index is 13.0. The number of nitrogens with zero attached hydrogens (tertiary/aromatic N) is 1. The number of carboxylic acid groups (broad SMARTS) is 1. The van der Waals surface area contributed by atoms with Crippen LogP contribution in [-0.2, 0) is 17.6 Å². The van der Waals surface area contributed by atoms with Crippen LogP contribution in [0.4, 0.5) is 13.2 Å². The van der Waals surface area contributed by atoms with Gasteiger partial charge in [0.25, 0.3) is 5.91 Å². The number of aliphatic carboxylic acids is 1. The lowest BCUT2D eigenvalue weighted by Gasteiger charge is -2.18. The fourth-order valence-electron chi connectivity index (χ4n) is 3.44. The first-order chi connectivity index (χ1) is 10.8. The van der Waals surface area contributed by atoms with Crippen molar-refractivity contribution in [1.29, 1.82) is 0 Å². The van der Waals surface area contributed by atoms with Gasteiger partial charge >= 0.3 is 12.1 Å². The summed E-state index contributed by atoms with van der Waals surface area (Å²) in [5.41, 5.74) is 2.55. The quantitative estimate of drug-likeness (QED) is 0.908. The van der Waals surface area contributed by atoms with Crippen LogP contribution in [0.25, 0.3) is 0 Å². The van der Waals surface area contributed by atoms with E-state index in [1.165, 1.54) is 5.56 Å². The Bertz CT molecular complexity index is 656. The van der Waals surface area contributed by atoms with Gasteiger partial charge in [-0.3, -0.25) is 9.59 Å². The number of carbonyl (C=O) groups excluding carboxylic acids is 1. The first-order valence-electron chi connectivity index (χ1n) is 7.48. The summed E-state index contributed by atoms with van der Waals surface area (Å²) in [5.74, 6) is -5.67. The molecule has 0 unspecified atom stereocenters. The molecular weight excluding hydrogens is 311 g/mol. The summed E-state index contributed by atoms with van der Waals surface area (Å²) in [7, 11) is 0. The molecule has 1 aromatic rings. The molecule has 1 aliphatic carbocycles. The number of carbonyl (C=O) groups is 2. The van der Waals surface area contributed by atoms with Crippen molar-refractivity contribution >= 4 is 11.9 Å². The predicted octanol–water partition coefficient (Wildman–Crippen LogP) is 2.51. The predicted molar refractivity (Wildman–Crippen MR) is 75.0 cm³/mol. The van der Waals surface area contributed by atoms with Crippen LogP contribution in [0.3, 0.4) is 0 Å². The SMILES string of the molecule is O=C(O)[C@@H]1CN(C(=O)c2ccc3c(c2)CCC3)C[C@H]1C(F)(F)F. The number of halogens is 3. The molecule has 1 fully saturated rings. The zero-order chi connectivity index (χ0) is 16.8. The van der Waals surface area contributed by atoms with Gasteiger partial charge in [-0.2, -0.15) is 13.2 Å². The second-order valence-corrected chi connectivity index (χ2v) is 6.14. The molecule has 1 aliphatic heterocycles. The van der Waals surface area contributed by atoms with Crippen LogP contribution in [0.15, 0.2) is 18.2 Å². The second-order valence-electron chi connectivity index (χ2n) is 6.14. The fraction of sp³-hybridized carbons (Fsp3) is 0.500. The Morgan fingerprint density at radius 1 is 1.13 bits per heavy atom. The van der Waals surface area contributed by atoms with E-state index in [0.717, 1.165) is 29.7 Å². The van der Waals surface area contributed by atoms with Gasteiger partial charge in [0.15, 0.2) is 0 Å². The molecule has 2 atom stereocenters. The van der Waals surface area contributed by atoms with Gasteiger partial charge in [0.05, 0.1) is 11.8 Å². The van der Waals surface area contributed by atoms with E-state index in [4.69, 9.17) is 5.11 Å². The maximum atomic E-state index is 13.0. The Balaban J connectivity index is 1.82. The van der Waals surface area contributed by atoms with Crippen molar-refractivity contribution in [2.75, 3.05) is 13.1 Å². The highest BCUT2D eigenvalue weighted by Crippen LogP contribution is 2.38. The minimum absolute atomic E-state index is 0.331. The Kier molecular flexibility index (Phi) is 3.82. The van der Waals surface area contributed by atoms with Crippen LogP contribution >= 0.6 is 0 Å². The van der Waals surface area contributed by atoms with Crippen molar-refractivity contribution in [1.82, 2.24) is 4.90 Å². The molecule has 1 amide bonds. The molecule has 0 aromatic heterocycles. The normalized spacial score (nSPS) is 23.9. The third-order valence-corrected chi connectivity index (χ3v) is 4.69. The standard InChI is InChI=1S/C16H16F3NO3/c17-16(18,19)13-8-20(7-12(13)15(22)23)14(21)11-5-4-9-2-1-3-10(9)6-11/h4-6,12-13H,1-3,7-8H2,(H,22,23)/t12-,13-/m1/s1. The maximum Gasteiger partial charge on any atom is 0.394 e. The molecule has 1 heterocycles. The number of rotatable bonds is 2. The number of benzene rings is 1. The molecule has 1 N–H and O–H groups in total. The van der Waals surface area contributed by atoms with Crippen molar-refractivity contribution in [3.8, 4) is 0 Å². The van der Waals surface area contributed by atoms with Gasteiger partial charge in [-0.15, -0.1) is 0 Å². The van der Waals surface area contributed by atoms with Gasteiger partial charge in [-0.05, 0) is 42.5 Å². The number of fused-ring (bicyclic) bond motifs is 1. The van der Waals surface area contributed by atoms with Crippen molar-refractivity contribution in [2.45, 2.75) is 25.4 Å². The molecule has 3 rings (SSSR count). The summed E-state index contributed by atoms with van der Waals surface area (Å²) in [6.45, 7) is -1.01. The van der Waals surface area contributed by atoms with Crippen LogP contribution in [0.1, 0.15) is 27.9 Å². The summed E-state index contributed by atoms with van der Waals surface area (Å²) in [4.78, 5) is 24.5. The molecule has 124 valence electrons. The van der Waals surface area contributed by atoms with Gasteiger partial charge in [0.1, 0.15) is 0 Å². The summed E-state index contributed by atoms with van der Waals surface area (Å²) < 4.78 is 39.0. The summed E-state index contributed by atoms with van der Waals surface area (Å²) in [6.07, 6.45) is -1.81. The van der Waals surface area contributed by atoms with E-state index in [1.54, 1.807) is 12.1 Å². The Labute approximate surface area is 130 Å². The molecule has 0 spiro atoms. The minimum Gasteiger partial charge on any atom is -0.481 e. The first kappa shape index (κ1) is 15.8. The summed E-state index contributed by atoms with van der Waals surface area (Å²) in [6, 6.07) is 5.17. The van der Waals surface area contributed by atoms with Crippen molar-refractivity contribution in [3.63, 3.8) is 0 Å². The highest BCUT2D eigenvalue weighted by molar-refractivity contribution is 5.95. The highest BCUT2D eigenvalue weighted by atomic mass is 19.4. The smallest absolute Gasteiger partial charge is 0.394 e. The van der Waals surface area contributed by atoms with E-state index in [0.29, 0.717) is 5.56 Å². The van der Waals surface area contributed by atoms with E-state index in [2.05, 4.69) is 0 Å². The monoisotopic (exact) mass is 327 g/mol. The number of likely N-dealkylation sites (tertiary alicyclic amines) is 1. The van der Waals surface area contributed by atoms with Crippen LogP contribution in [0.2, 0.25) is 0 Å². The van der Waals surface area contributed by atoms with Gasteiger partial charge in [0.2, 0.25) is 0 Å². The first-order valence-corrected chi connectivity index (χ1v) is 7.48. The molecular formula is C16H16F3NO3. The van der Waals surface area contributed by atoms with Gasteiger partial charge in [-0.25, -0.2) is 0 Å². The van der Waals surface area contributed by atoms with E-state index in [-0.39, 0.29) is 0 Å². The zero-order valence-corrected chi connectivity index (χ0v) is 12.3. The van der Waals surface area contributed by atoms with Crippen LogP contribution in [0.5, 0.6) is 0 Å². The molecule has 4 nitrogen and oxygen atoms in total. The lowest BCUT2D eigenvalue weighted by atomic mass is 9.96. The van der Waals surface area contributed by atoms with E-state index in [9.17, 15) is 22.8 Å². The van der Waals surface area contributed by atoms with Crippen LogP contribution in [-0.4, -0.2) is 41.1 Å². The highest BCUT2D eigenvalue weighted by Gasteiger charge is 2.53. The molecule has 1 saturated heterocycles. The summed E-state index contributed by atoms with van der Waals surface area (Å²) in [5, 5.41) is 9.01. The largest absolute Gasteiger partial charge is 0.481 e. The number of aryl methyl sites for hydroxylation is 2. The Morgan fingerprint density at radius 2 is 1.83 bits per heavy atom. The summed E-state index contributed by atoms with van der Waals surface area (Å²) >= 11 is 0. The minimum atomic E-state index is -4.63. The number of carboxylic acids is 1. The molecule has 0 saturated carbocycles. The van der Waals surface area contributed by atoms with Crippen molar-refractivity contribution in [3.05, 3.63) is 34.9 Å². The van der Waals surface area contributed by atoms with Crippen molar-refractivity contribution in [2.24, 2.45) is 11.8 Å². The number of hydrogen-bond acceptors (Lipinski definition) is 2. The topological polar surface area (TPSA) is 57.6 Å². The molecule has 1 aromatic carbocycles. The third-order valence-electron chi connectivity index (χ3n) is 4.69. The number of hydrogen-bond donors (Lipinski definition) is 1. The molecule has 7 heteroatoms. The van der Waals surface area contributed by atoms with Crippen LogP contribution < -0.4 is 0 Å². The third kappa shape index (κ3) is 2.92. The Hall–Kier alpha value is -2.05. The zero-order valence-electron chi connectivity index (χ0n) is 12.3. The van der Waals surface area contributed by atoms with Gasteiger partial charge < -0.3 is 10.0 Å². The molecule has 0 radical (unpaired) electrons. The van der Waals surface area contributed by atoms with Crippen LogP contribution in [0, 0.1) is 11.8 Å².